The molecule has 0 spiro atoms. The summed E-state index contributed by atoms with van der Waals surface area (Å²) >= 11 is 0. The lowest BCUT2D eigenvalue weighted by atomic mass is 9.95. The molecule has 102 valence electrons. The number of nitrogens with zero attached hydrogens (tertiary/aromatic N) is 1. The molecule has 0 aromatic carbocycles. The molecule has 3 atom stereocenters. The van der Waals surface area contributed by atoms with Crippen molar-refractivity contribution in [3.63, 3.8) is 0 Å². The predicted octanol–water partition coefficient (Wildman–Crippen LogP) is 0.872. The number of hydrogen-bond acceptors (Lipinski definition) is 3. The third-order valence-electron chi connectivity index (χ3n) is 5.04. The van der Waals surface area contributed by atoms with Crippen LogP contribution < -0.4 is 10.6 Å². The van der Waals surface area contributed by atoms with Crippen LogP contribution in [-0.2, 0) is 4.79 Å². The number of hydrogen-bond donors (Lipinski definition) is 2. The summed E-state index contributed by atoms with van der Waals surface area (Å²) in [6, 6.07) is 0.990. The maximum absolute atomic E-state index is 12.4. The lowest BCUT2D eigenvalue weighted by Gasteiger charge is -2.34. The van der Waals surface area contributed by atoms with E-state index in [0.29, 0.717) is 12.1 Å². The summed E-state index contributed by atoms with van der Waals surface area (Å²) in [5, 5.41) is 6.67. The van der Waals surface area contributed by atoms with E-state index in [0.717, 1.165) is 25.8 Å². The van der Waals surface area contributed by atoms with Crippen LogP contribution in [0.15, 0.2) is 0 Å². The van der Waals surface area contributed by atoms with Gasteiger partial charge in [-0.05, 0) is 52.1 Å². The normalized spacial score (nSPS) is 40.7. The van der Waals surface area contributed by atoms with Crippen molar-refractivity contribution in [1.82, 2.24) is 15.5 Å². The van der Waals surface area contributed by atoms with E-state index in [1.165, 1.54) is 32.4 Å². The number of rotatable bonds is 2. The van der Waals surface area contributed by atoms with Crippen LogP contribution in [0.1, 0.15) is 45.4 Å². The van der Waals surface area contributed by atoms with Gasteiger partial charge in [-0.3, -0.25) is 9.69 Å². The van der Waals surface area contributed by atoms with Gasteiger partial charge in [0.25, 0.3) is 0 Å². The van der Waals surface area contributed by atoms with Gasteiger partial charge in [-0.15, -0.1) is 0 Å². The monoisotopic (exact) mass is 251 g/mol. The lowest BCUT2D eigenvalue weighted by molar-refractivity contribution is -0.127. The molecule has 0 bridgehead atoms. The standard InChI is InChI=1S/C14H25N3O/c1-14(7-4-8-15-14)13(18)16-11-6-10-17-9-3-2-5-12(11)17/h11-12,15H,2-10H2,1H3,(H,16,18). The molecule has 0 saturated carbocycles. The number of amides is 1. The second-order valence-electron chi connectivity index (χ2n) is 6.33. The molecule has 2 N–H and O–H groups in total. The molecule has 3 saturated heterocycles. The van der Waals surface area contributed by atoms with Crippen molar-refractivity contribution in [2.75, 3.05) is 19.6 Å². The van der Waals surface area contributed by atoms with Crippen LogP contribution in [0.2, 0.25) is 0 Å². The molecule has 3 heterocycles. The summed E-state index contributed by atoms with van der Waals surface area (Å²) in [6.45, 7) is 5.42. The van der Waals surface area contributed by atoms with Crippen LogP contribution in [0.3, 0.4) is 0 Å². The molecule has 1 amide bonds. The lowest BCUT2D eigenvalue weighted by Crippen LogP contribution is -2.56. The van der Waals surface area contributed by atoms with Gasteiger partial charge in [0.05, 0.1) is 5.54 Å². The van der Waals surface area contributed by atoms with Crippen LogP contribution in [0.25, 0.3) is 0 Å². The maximum atomic E-state index is 12.4. The van der Waals surface area contributed by atoms with Crippen LogP contribution in [0, 0.1) is 0 Å². The average Bonchev–Trinajstić information content (AvgIpc) is 2.98. The van der Waals surface area contributed by atoms with Crippen molar-refractivity contribution in [2.24, 2.45) is 0 Å². The van der Waals surface area contributed by atoms with Gasteiger partial charge in [-0.2, -0.15) is 0 Å². The molecule has 0 aromatic rings. The van der Waals surface area contributed by atoms with Gasteiger partial charge in [0.2, 0.25) is 5.91 Å². The van der Waals surface area contributed by atoms with E-state index in [1.807, 2.05) is 6.92 Å². The Bertz CT molecular complexity index is 325. The molecule has 4 heteroatoms. The highest BCUT2D eigenvalue weighted by Gasteiger charge is 2.41. The van der Waals surface area contributed by atoms with Crippen molar-refractivity contribution in [3.8, 4) is 0 Å². The summed E-state index contributed by atoms with van der Waals surface area (Å²) < 4.78 is 0. The Labute approximate surface area is 109 Å². The van der Waals surface area contributed by atoms with E-state index in [9.17, 15) is 4.79 Å². The summed E-state index contributed by atoms with van der Waals surface area (Å²) in [5.41, 5.74) is -0.317. The van der Waals surface area contributed by atoms with Gasteiger partial charge >= 0.3 is 0 Å². The number of piperidine rings is 1. The fourth-order valence-corrected chi connectivity index (χ4v) is 3.83. The number of carbonyl (C=O) groups is 1. The minimum Gasteiger partial charge on any atom is -0.350 e. The summed E-state index contributed by atoms with van der Waals surface area (Å²) in [5.74, 6) is 0.220. The molecule has 0 aliphatic carbocycles. The smallest absolute Gasteiger partial charge is 0.240 e. The summed E-state index contributed by atoms with van der Waals surface area (Å²) in [4.78, 5) is 15.0. The van der Waals surface area contributed by atoms with Gasteiger partial charge in [0.15, 0.2) is 0 Å². The van der Waals surface area contributed by atoms with Crippen molar-refractivity contribution in [2.45, 2.75) is 63.1 Å². The minimum atomic E-state index is -0.317. The average molecular weight is 251 g/mol. The zero-order valence-corrected chi connectivity index (χ0v) is 11.4. The molecule has 4 nitrogen and oxygen atoms in total. The van der Waals surface area contributed by atoms with E-state index >= 15 is 0 Å². The Balaban J connectivity index is 1.61. The van der Waals surface area contributed by atoms with Crippen molar-refractivity contribution >= 4 is 5.91 Å². The summed E-state index contributed by atoms with van der Waals surface area (Å²) in [7, 11) is 0. The van der Waals surface area contributed by atoms with Crippen molar-refractivity contribution in [1.29, 1.82) is 0 Å². The first-order chi connectivity index (χ1) is 8.69. The highest BCUT2D eigenvalue weighted by molar-refractivity contribution is 5.86. The molecule has 3 aliphatic rings. The Morgan fingerprint density at radius 2 is 2.17 bits per heavy atom. The minimum absolute atomic E-state index is 0.220. The zero-order valence-electron chi connectivity index (χ0n) is 11.4. The first-order valence-corrected chi connectivity index (χ1v) is 7.49. The molecule has 3 fully saturated rings. The SMILES string of the molecule is CC1(C(=O)NC2CCN3CCCCC23)CCCN1. The molecule has 0 radical (unpaired) electrons. The van der Waals surface area contributed by atoms with Crippen molar-refractivity contribution < 1.29 is 4.79 Å². The number of nitrogens with one attached hydrogen (secondary N) is 2. The Kier molecular flexibility index (Phi) is 3.32. The fourth-order valence-electron chi connectivity index (χ4n) is 3.83. The van der Waals surface area contributed by atoms with E-state index in [1.54, 1.807) is 0 Å². The van der Waals surface area contributed by atoms with Gasteiger partial charge < -0.3 is 10.6 Å². The predicted molar refractivity (Wildman–Crippen MR) is 71.4 cm³/mol. The molecule has 3 unspecified atom stereocenters. The second-order valence-corrected chi connectivity index (χ2v) is 6.33. The quantitative estimate of drug-likeness (QED) is 0.765. The van der Waals surface area contributed by atoms with Gasteiger partial charge in [-0.1, -0.05) is 6.42 Å². The topological polar surface area (TPSA) is 44.4 Å². The molecular weight excluding hydrogens is 226 g/mol. The van der Waals surface area contributed by atoms with E-state index < -0.39 is 0 Å². The molecule has 3 rings (SSSR count). The van der Waals surface area contributed by atoms with E-state index in [-0.39, 0.29) is 11.4 Å². The van der Waals surface area contributed by atoms with Gasteiger partial charge in [0, 0.05) is 18.6 Å². The first-order valence-electron chi connectivity index (χ1n) is 7.49. The third-order valence-corrected chi connectivity index (χ3v) is 5.04. The molecular formula is C14H25N3O. The Morgan fingerprint density at radius 3 is 2.94 bits per heavy atom. The largest absolute Gasteiger partial charge is 0.350 e. The molecule has 3 aliphatic heterocycles. The first kappa shape index (κ1) is 12.4. The highest BCUT2D eigenvalue weighted by Crippen LogP contribution is 2.28. The molecule has 0 aromatic heterocycles. The Morgan fingerprint density at radius 1 is 1.28 bits per heavy atom. The highest BCUT2D eigenvalue weighted by atomic mass is 16.2. The summed E-state index contributed by atoms with van der Waals surface area (Å²) in [6.07, 6.45) is 7.13. The van der Waals surface area contributed by atoms with E-state index in [2.05, 4.69) is 15.5 Å². The van der Waals surface area contributed by atoms with Crippen LogP contribution >= 0.6 is 0 Å². The number of carbonyl (C=O) groups excluding carboxylic acids is 1. The molecule has 18 heavy (non-hydrogen) atoms. The van der Waals surface area contributed by atoms with E-state index in [4.69, 9.17) is 0 Å². The maximum Gasteiger partial charge on any atom is 0.240 e. The fraction of sp³-hybridized carbons (Fsp3) is 0.929. The van der Waals surface area contributed by atoms with Gasteiger partial charge in [-0.25, -0.2) is 0 Å². The van der Waals surface area contributed by atoms with Crippen LogP contribution in [0.4, 0.5) is 0 Å². The third kappa shape index (κ3) is 2.16. The van der Waals surface area contributed by atoms with Gasteiger partial charge in [0.1, 0.15) is 0 Å². The Hall–Kier alpha value is -0.610. The second kappa shape index (κ2) is 4.82. The van der Waals surface area contributed by atoms with Crippen LogP contribution in [-0.4, -0.2) is 48.1 Å². The number of fused-ring (bicyclic) bond motifs is 1. The van der Waals surface area contributed by atoms with Crippen LogP contribution in [0.5, 0.6) is 0 Å². The zero-order chi connectivity index (χ0) is 12.6. The van der Waals surface area contributed by atoms with Crippen molar-refractivity contribution in [3.05, 3.63) is 0 Å².